The van der Waals surface area contributed by atoms with Crippen molar-refractivity contribution in [2.75, 3.05) is 40.4 Å². The Hall–Kier alpha value is -0.120. The van der Waals surface area contributed by atoms with Crippen LogP contribution < -0.4 is 5.32 Å². The van der Waals surface area contributed by atoms with E-state index in [1.165, 1.54) is 38.8 Å². The standard InChI is InChI=1S/C11H24N2O/c1-12-10-11-6-5-8-13(11)7-3-4-9-14-2/h11-12H,3-10H2,1-2H3. The molecule has 3 nitrogen and oxygen atoms in total. The molecule has 0 bridgehead atoms. The van der Waals surface area contributed by atoms with E-state index in [0.717, 1.165) is 19.2 Å². The number of unbranched alkanes of at least 4 members (excludes halogenated alkanes) is 1. The molecule has 1 heterocycles. The van der Waals surface area contributed by atoms with Crippen molar-refractivity contribution < 1.29 is 4.74 Å². The van der Waals surface area contributed by atoms with Crippen LogP contribution in [-0.2, 0) is 4.74 Å². The van der Waals surface area contributed by atoms with Crippen LogP contribution in [-0.4, -0.2) is 51.3 Å². The van der Waals surface area contributed by atoms with Gasteiger partial charge in [-0.1, -0.05) is 0 Å². The zero-order valence-electron chi connectivity index (χ0n) is 9.59. The van der Waals surface area contributed by atoms with Gasteiger partial charge in [-0.2, -0.15) is 0 Å². The van der Waals surface area contributed by atoms with E-state index in [9.17, 15) is 0 Å². The summed E-state index contributed by atoms with van der Waals surface area (Å²) in [5.74, 6) is 0. The molecule has 0 amide bonds. The monoisotopic (exact) mass is 200 g/mol. The van der Waals surface area contributed by atoms with Gasteiger partial charge in [0.2, 0.25) is 0 Å². The summed E-state index contributed by atoms with van der Waals surface area (Å²) < 4.78 is 5.05. The smallest absolute Gasteiger partial charge is 0.0462 e. The molecule has 1 aliphatic rings. The molecule has 0 aromatic rings. The lowest BCUT2D eigenvalue weighted by Crippen LogP contribution is -2.37. The number of nitrogens with zero attached hydrogens (tertiary/aromatic N) is 1. The number of methoxy groups -OCH3 is 1. The Labute approximate surface area is 87.8 Å². The minimum Gasteiger partial charge on any atom is -0.385 e. The van der Waals surface area contributed by atoms with Gasteiger partial charge in [-0.3, -0.25) is 4.90 Å². The molecule has 1 saturated heterocycles. The molecule has 0 aromatic heterocycles. The van der Waals surface area contributed by atoms with Gasteiger partial charge in [-0.25, -0.2) is 0 Å². The third kappa shape index (κ3) is 3.95. The fourth-order valence-corrected chi connectivity index (χ4v) is 2.22. The highest BCUT2D eigenvalue weighted by atomic mass is 16.5. The SMILES string of the molecule is CNCC1CCCN1CCCCOC. The van der Waals surface area contributed by atoms with Gasteiger partial charge in [0.1, 0.15) is 0 Å². The van der Waals surface area contributed by atoms with Gasteiger partial charge < -0.3 is 10.1 Å². The molecule has 1 fully saturated rings. The summed E-state index contributed by atoms with van der Waals surface area (Å²) in [5, 5.41) is 3.27. The summed E-state index contributed by atoms with van der Waals surface area (Å²) in [6, 6.07) is 0.780. The zero-order valence-corrected chi connectivity index (χ0v) is 9.59. The number of hydrogen-bond donors (Lipinski definition) is 1. The van der Waals surface area contributed by atoms with Gasteiger partial charge in [-0.05, 0) is 45.8 Å². The number of likely N-dealkylation sites (tertiary alicyclic amines) is 1. The third-order valence-corrected chi connectivity index (χ3v) is 2.98. The molecule has 1 atom stereocenters. The van der Waals surface area contributed by atoms with E-state index in [4.69, 9.17) is 4.74 Å². The third-order valence-electron chi connectivity index (χ3n) is 2.98. The van der Waals surface area contributed by atoms with Crippen molar-refractivity contribution in [3.63, 3.8) is 0 Å². The number of hydrogen-bond acceptors (Lipinski definition) is 3. The molecule has 3 heteroatoms. The van der Waals surface area contributed by atoms with Gasteiger partial charge in [-0.15, -0.1) is 0 Å². The molecule has 1 unspecified atom stereocenters. The average molecular weight is 200 g/mol. The first-order valence-corrected chi connectivity index (χ1v) is 5.76. The lowest BCUT2D eigenvalue weighted by atomic mass is 10.2. The van der Waals surface area contributed by atoms with E-state index in [2.05, 4.69) is 10.2 Å². The number of likely N-dealkylation sites (N-methyl/N-ethyl adjacent to an activating group) is 1. The number of nitrogens with one attached hydrogen (secondary N) is 1. The highest BCUT2D eigenvalue weighted by Crippen LogP contribution is 2.16. The largest absolute Gasteiger partial charge is 0.385 e. The van der Waals surface area contributed by atoms with Crippen LogP contribution in [0.2, 0.25) is 0 Å². The van der Waals surface area contributed by atoms with Crippen molar-refractivity contribution in [1.29, 1.82) is 0 Å². The fourth-order valence-electron chi connectivity index (χ4n) is 2.22. The molecule has 0 saturated carbocycles. The predicted molar refractivity (Wildman–Crippen MR) is 59.6 cm³/mol. The van der Waals surface area contributed by atoms with E-state index >= 15 is 0 Å². The summed E-state index contributed by atoms with van der Waals surface area (Å²) in [7, 11) is 3.82. The molecule has 0 aromatic carbocycles. The average Bonchev–Trinajstić information content (AvgIpc) is 2.61. The first-order chi connectivity index (χ1) is 6.88. The maximum atomic E-state index is 5.05. The van der Waals surface area contributed by atoms with Gasteiger partial charge in [0.25, 0.3) is 0 Å². The molecule has 0 radical (unpaired) electrons. The Morgan fingerprint density at radius 2 is 2.29 bits per heavy atom. The second-order valence-electron chi connectivity index (χ2n) is 4.09. The van der Waals surface area contributed by atoms with Crippen molar-refractivity contribution >= 4 is 0 Å². The van der Waals surface area contributed by atoms with Crippen molar-refractivity contribution in [2.24, 2.45) is 0 Å². The predicted octanol–water partition coefficient (Wildman–Crippen LogP) is 1.10. The summed E-state index contributed by atoms with van der Waals surface area (Å²) in [4.78, 5) is 2.62. The van der Waals surface area contributed by atoms with Crippen LogP contribution in [0.4, 0.5) is 0 Å². The normalized spacial score (nSPS) is 23.1. The first-order valence-electron chi connectivity index (χ1n) is 5.76. The van der Waals surface area contributed by atoms with Crippen LogP contribution in [0.5, 0.6) is 0 Å². The molecule has 1 aliphatic heterocycles. The van der Waals surface area contributed by atoms with Crippen molar-refractivity contribution in [3.8, 4) is 0 Å². The Morgan fingerprint density at radius 1 is 1.43 bits per heavy atom. The number of ether oxygens (including phenoxy) is 1. The second kappa shape index (κ2) is 7.21. The van der Waals surface area contributed by atoms with Gasteiger partial charge in [0, 0.05) is 26.3 Å². The van der Waals surface area contributed by atoms with Gasteiger partial charge in [0.15, 0.2) is 0 Å². The van der Waals surface area contributed by atoms with E-state index in [1.807, 2.05) is 7.05 Å². The van der Waals surface area contributed by atoms with Crippen molar-refractivity contribution in [2.45, 2.75) is 31.7 Å². The summed E-state index contributed by atoms with van der Waals surface area (Å²) >= 11 is 0. The van der Waals surface area contributed by atoms with Gasteiger partial charge in [0.05, 0.1) is 0 Å². The quantitative estimate of drug-likeness (QED) is 0.623. The zero-order chi connectivity index (χ0) is 10.2. The van der Waals surface area contributed by atoms with E-state index in [1.54, 1.807) is 7.11 Å². The van der Waals surface area contributed by atoms with E-state index < -0.39 is 0 Å². The Kier molecular flexibility index (Phi) is 6.15. The van der Waals surface area contributed by atoms with Crippen LogP contribution in [0.25, 0.3) is 0 Å². The number of rotatable bonds is 7. The van der Waals surface area contributed by atoms with Crippen LogP contribution in [0, 0.1) is 0 Å². The molecule has 1 N–H and O–H groups in total. The summed E-state index contributed by atoms with van der Waals surface area (Å²) in [6.45, 7) is 4.59. The minimum atomic E-state index is 0.780. The topological polar surface area (TPSA) is 24.5 Å². The maximum absolute atomic E-state index is 5.05. The lowest BCUT2D eigenvalue weighted by Gasteiger charge is -2.23. The minimum absolute atomic E-state index is 0.780. The first kappa shape index (κ1) is 12.0. The Balaban J connectivity index is 2.09. The molecular formula is C11H24N2O. The molecular weight excluding hydrogens is 176 g/mol. The van der Waals surface area contributed by atoms with Gasteiger partial charge >= 0.3 is 0 Å². The molecule has 84 valence electrons. The lowest BCUT2D eigenvalue weighted by molar-refractivity contribution is 0.181. The van der Waals surface area contributed by atoms with Crippen LogP contribution in [0.1, 0.15) is 25.7 Å². The van der Waals surface area contributed by atoms with E-state index in [-0.39, 0.29) is 0 Å². The fraction of sp³-hybridized carbons (Fsp3) is 1.00. The molecule has 0 aliphatic carbocycles. The molecule has 1 rings (SSSR count). The summed E-state index contributed by atoms with van der Waals surface area (Å²) in [5.41, 5.74) is 0. The Morgan fingerprint density at radius 3 is 3.00 bits per heavy atom. The van der Waals surface area contributed by atoms with E-state index in [0.29, 0.717) is 0 Å². The summed E-state index contributed by atoms with van der Waals surface area (Å²) in [6.07, 6.45) is 5.20. The highest BCUT2D eigenvalue weighted by molar-refractivity contribution is 4.80. The highest BCUT2D eigenvalue weighted by Gasteiger charge is 2.22. The van der Waals surface area contributed by atoms with Crippen molar-refractivity contribution in [3.05, 3.63) is 0 Å². The molecule has 0 spiro atoms. The molecule has 14 heavy (non-hydrogen) atoms. The second-order valence-corrected chi connectivity index (χ2v) is 4.09. The van der Waals surface area contributed by atoms with Crippen LogP contribution in [0.15, 0.2) is 0 Å². The van der Waals surface area contributed by atoms with Crippen LogP contribution >= 0.6 is 0 Å². The Bertz CT molecular complexity index is 141. The maximum Gasteiger partial charge on any atom is 0.0462 e. The van der Waals surface area contributed by atoms with Crippen LogP contribution in [0.3, 0.4) is 0 Å². The van der Waals surface area contributed by atoms with Crippen molar-refractivity contribution in [1.82, 2.24) is 10.2 Å².